The minimum absolute atomic E-state index is 0.0915. The fraction of sp³-hybridized carbons (Fsp3) is 0.500. The summed E-state index contributed by atoms with van der Waals surface area (Å²) in [6.45, 7) is 8.46. The Morgan fingerprint density at radius 2 is 1.90 bits per heavy atom. The average molecular weight is 397 g/mol. The van der Waals surface area contributed by atoms with Crippen LogP contribution in [0.25, 0.3) is 0 Å². The van der Waals surface area contributed by atoms with Gasteiger partial charge in [-0.1, -0.05) is 20.8 Å². The van der Waals surface area contributed by atoms with Crippen LogP contribution in [-0.2, 0) is 9.05 Å². The number of rotatable bonds is 5. The Balaban J connectivity index is 3.04. The van der Waals surface area contributed by atoms with Crippen LogP contribution in [0.15, 0.2) is 21.5 Å². The minimum Gasteiger partial charge on any atom is -0.352 e. The molecule has 21 heavy (non-hydrogen) atoms. The summed E-state index contributed by atoms with van der Waals surface area (Å²) in [6, 6.07) is 2.92. The highest BCUT2D eigenvalue weighted by Crippen LogP contribution is 2.29. The fourth-order valence-corrected chi connectivity index (χ4v) is 3.79. The molecule has 0 fully saturated rings. The lowest BCUT2D eigenvalue weighted by molar-refractivity contribution is 0.0944. The highest BCUT2D eigenvalue weighted by molar-refractivity contribution is 9.10. The molecule has 0 aliphatic carbocycles. The van der Waals surface area contributed by atoms with Crippen molar-refractivity contribution in [3.05, 3.63) is 27.7 Å². The van der Waals surface area contributed by atoms with E-state index >= 15 is 0 Å². The van der Waals surface area contributed by atoms with Gasteiger partial charge in [0.05, 0.1) is 4.90 Å². The van der Waals surface area contributed by atoms with Crippen LogP contribution in [0.4, 0.5) is 0 Å². The zero-order valence-electron chi connectivity index (χ0n) is 12.4. The largest absolute Gasteiger partial charge is 0.352 e. The van der Waals surface area contributed by atoms with Crippen molar-refractivity contribution in [3.8, 4) is 0 Å². The second-order valence-electron chi connectivity index (χ2n) is 5.47. The van der Waals surface area contributed by atoms with Gasteiger partial charge in [-0.15, -0.1) is 0 Å². The van der Waals surface area contributed by atoms with Gasteiger partial charge in [0.2, 0.25) is 0 Å². The summed E-state index contributed by atoms with van der Waals surface area (Å²) in [4.78, 5) is 12.1. The van der Waals surface area contributed by atoms with Crippen molar-refractivity contribution in [3.63, 3.8) is 0 Å². The lowest BCUT2D eigenvalue weighted by Crippen LogP contribution is -2.30. The van der Waals surface area contributed by atoms with E-state index in [0.717, 1.165) is 0 Å². The number of amides is 1. The number of hydrogen-bond acceptors (Lipinski definition) is 3. The molecule has 0 aliphatic heterocycles. The molecule has 1 N–H and O–H groups in total. The van der Waals surface area contributed by atoms with E-state index < -0.39 is 9.05 Å². The molecule has 1 aromatic carbocycles. The Kier molecular flexibility index (Phi) is 6.25. The Bertz CT molecular complexity index is 644. The number of hydrogen-bond donors (Lipinski definition) is 1. The lowest BCUT2D eigenvalue weighted by atomic mass is 9.98. The van der Waals surface area contributed by atoms with Crippen LogP contribution >= 0.6 is 26.6 Å². The Labute approximate surface area is 138 Å². The van der Waals surface area contributed by atoms with Crippen LogP contribution in [0.3, 0.4) is 0 Å². The van der Waals surface area contributed by atoms with Crippen molar-refractivity contribution >= 4 is 41.6 Å². The van der Waals surface area contributed by atoms with Gasteiger partial charge >= 0.3 is 0 Å². The van der Waals surface area contributed by atoms with Crippen molar-refractivity contribution in [2.24, 2.45) is 11.8 Å². The van der Waals surface area contributed by atoms with E-state index in [0.29, 0.717) is 28.4 Å². The van der Waals surface area contributed by atoms with Gasteiger partial charge in [-0.3, -0.25) is 4.79 Å². The third-order valence-corrected chi connectivity index (χ3v) is 6.13. The molecule has 1 rings (SSSR count). The number of aryl methyl sites for hydroxylation is 1. The zero-order valence-corrected chi connectivity index (χ0v) is 15.6. The quantitative estimate of drug-likeness (QED) is 0.772. The van der Waals surface area contributed by atoms with E-state index in [1.807, 2.05) is 6.92 Å². The molecule has 0 radical (unpaired) electrons. The van der Waals surface area contributed by atoms with Gasteiger partial charge in [0.1, 0.15) is 0 Å². The second-order valence-corrected chi connectivity index (χ2v) is 8.80. The molecule has 0 heterocycles. The first-order valence-electron chi connectivity index (χ1n) is 6.57. The van der Waals surface area contributed by atoms with Gasteiger partial charge in [0.25, 0.3) is 15.0 Å². The molecule has 1 unspecified atom stereocenters. The van der Waals surface area contributed by atoms with Crippen LogP contribution in [0.2, 0.25) is 0 Å². The second kappa shape index (κ2) is 7.11. The first-order valence-corrected chi connectivity index (χ1v) is 9.67. The number of carbonyl (C=O) groups excluding carboxylic acids is 1. The summed E-state index contributed by atoms with van der Waals surface area (Å²) in [5.74, 6) is 0.483. The molecule has 0 bridgehead atoms. The van der Waals surface area contributed by atoms with E-state index in [1.54, 1.807) is 13.0 Å². The molecule has 0 aromatic heterocycles. The lowest BCUT2D eigenvalue weighted by Gasteiger charge is -2.16. The van der Waals surface area contributed by atoms with Gasteiger partial charge in [-0.05, 0) is 52.4 Å². The van der Waals surface area contributed by atoms with Crippen molar-refractivity contribution < 1.29 is 13.2 Å². The summed E-state index contributed by atoms with van der Waals surface area (Å²) in [7, 11) is 1.48. The molecule has 4 nitrogen and oxygen atoms in total. The van der Waals surface area contributed by atoms with Gasteiger partial charge in [-0.2, -0.15) is 0 Å². The Morgan fingerprint density at radius 3 is 2.38 bits per heavy atom. The highest BCUT2D eigenvalue weighted by Gasteiger charge is 2.20. The van der Waals surface area contributed by atoms with Gasteiger partial charge in [0, 0.05) is 27.3 Å². The van der Waals surface area contributed by atoms with Crippen molar-refractivity contribution in [2.45, 2.75) is 32.6 Å². The maximum atomic E-state index is 12.2. The molecule has 118 valence electrons. The smallest absolute Gasteiger partial charge is 0.262 e. The normalized spacial score (nSPS) is 13.3. The number of halogens is 2. The predicted molar refractivity (Wildman–Crippen MR) is 88.3 cm³/mol. The molecule has 1 amide bonds. The molecule has 1 atom stereocenters. The Hall–Kier alpha value is -0.590. The molecule has 7 heteroatoms. The van der Waals surface area contributed by atoms with Crippen LogP contribution in [0.1, 0.15) is 36.7 Å². The maximum Gasteiger partial charge on any atom is 0.262 e. The molecular formula is C14H19BrClNO3S. The molecule has 0 aliphatic rings. The SMILES string of the molecule is Cc1cc(C(=O)NCC(C)C(C)C)cc(S(=O)(=O)Cl)c1Br. The third-order valence-electron chi connectivity index (χ3n) is 3.47. The molecule has 1 aromatic rings. The van der Waals surface area contributed by atoms with Gasteiger partial charge < -0.3 is 5.32 Å². The third kappa shape index (κ3) is 4.97. The maximum absolute atomic E-state index is 12.2. The van der Waals surface area contributed by atoms with E-state index in [-0.39, 0.29) is 16.4 Å². The van der Waals surface area contributed by atoms with Gasteiger partial charge in [0.15, 0.2) is 0 Å². The molecule has 0 saturated carbocycles. The predicted octanol–water partition coefficient (Wildman–Crippen LogP) is 3.71. The van der Waals surface area contributed by atoms with E-state index in [1.165, 1.54) is 6.07 Å². The first-order chi connectivity index (χ1) is 9.54. The number of benzene rings is 1. The first kappa shape index (κ1) is 18.5. The van der Waals surface area contributed by atoms with Crippen LogP contribution in [0.5, 0.6) is 0 Å². The Morgan fingerprint density at radius 1 is 1.33 bits per heavy atom. The monoisotopic (exact) mass is 395 g/mol. The van der Waals surface area contributed by atoms with Crippen LogP contribution in [0, 0.1) is 18.8 Å². The number of nitrogens with one attached hydrogen (secondary N) is 1. The highest BCUT2D eigenvalue weighted by atomic mass is 79.9. The fourth-order valence-electron chi connectivity index (χ4n) is 1.64. The molecule has 0 saturated heterocycles. The topological polar surface area (TPSA) is 63.2 Å². The summed E-state index contributed by atoms with van der Waals surface area (Å²) in [6.07, 6.45) is 0. The summed E-state index contributed by atoms with van der Waals surface area (Å²) in [5.41, 5.74) is 0.921. The van der Waals surface area contributed by atoms with E-state index in [2.05, 4.69) is 35.1 Å². The van der Waals surface area contributed by atoms with Crippen LogP contribution in [-0.4, -0.2) is 20.9 Å². The van der Waals surface area contributed by atoms with Crippen molar-refractivity contribution in [1.29, 1.82) is 0 Å². The standard InChI is InChI=1S/C14H19BrClNO3S/c1-8(2)10(4)7-17-14(18)11-5-9(3)13(15)12(6-11)21(16,19)20/h5-6,8,10H,7H2,1-4H3,(H,17,18). The number of carbonyl (C=O) groups is 1. The van der Waals surface area contributed by atoms with Crippen molar-refractivity contribution in [1.82, 2.24) is 5.32 Å². The summed E-state index contributed by atoms with van der Waals surface area (Å²) in [5, 5.41) is 2.81. The zero-order chi connectivity index (χ0) is 16.4. The summed E-state index contributed by atoms with van der Waals surface area (Å²) >= 11 is 3.19. The molecular weight excluding hydrogens is 378 g/mol. The van der Waals surface area contributed by atoms with E-state index in [4.69, 9.17) is 10.7 Å². The minimum atomic E-state index is -3.91. The average Bonchev–Trinajstić information content (AvgIpc) is 2.36. The van der Waals surface area contributed by atoms with Gasteiger partial charge in [-0.25, -0.2) is 8.42 Å². The van der Waals surface area contributed by atoms with Crippen molar-refractivity contribution in [2.75, 3.05) is 6.54 Å². The molecule has 0 spiro atoms. The van der Waals surface area contributed by atoms with Crippen LogP contribution < -0.4 is 5.32 Å². The summed E-state index contributed by atoms with van der Waals surface area (Å²) < 4.78 is 23.5. The van der Waals surface area contributed by atoms with E-state index in [9.17, 15) is 13.2 Å².